The molecule has 98 valence electrons. The van der Waals surface area contributed by atoms with Crippen LogP contribution >= 0.6 is 0 Å². The largest absolute Gasteiger partial charge is 0.370 e. The lowest BCUT2D eigenvalue weighted by atomic mass is 10.0. The van der Waals surface area contributed by atoms with E-state index in [1.807, 2.05) is 0 Å². The molecular formula is C13H26N4. The first kappa shape index (κ1) is 12.7. The van der Waals surface area contributed by atoms with Crippen LogP contribution in [0.25, 0.3) is 0 Å². The third-order valence-electron chi connectivity index (χ3n) is 3.88. The predicted molar refractivity (Wildman–Crippen MR) is 72.1 cm³/mol. The van der Waals surface area contributed by atoms with Crippen molar-refractivity contribution in [2.24, 2.45) is 10.7 Å². The van der Waals surface area contributed by atoms with Gasteiger partial charge in [0.25, 0.3) is 0 Å². The Morgan fingerprint density at radius 1 is 1.41 bits per heavy atom. The molecule has 1 saturated carbocycles. The Morgan fingerprint density at radius 2 is 2.18 bits per heavy atom. The minimum absolute atomic E-state index is 0.504. The van der Waals surface area contributed by atoms with Gasteiger partial charge in [-0.05, 0) is 46.1 Å². The lowest BCUT2D eigenvalue weighted by Gasteiger charge is -2.37. The highest BCUT2D eigenvalue weighted by Crippen LogP contribution is 2.19. The minimum Gasteiger partial charge on any atom is -0.370 e. The fourth-order valence-corrected chi connectivity index (χ4v) is 2.59. The van der Waals surface area contributed by atoms with Crippen LogP contribution in [0, 0.1) is 0 Å². The van der Waals surface area contributed by atoms with E-state index in [1.165, 1.54) is 38.6 Å². The van der Waals surface area contributed by atoms with Crippen LogP contribution in [0.1, 0.15) is 46.0 Å². The molecule has 0 aromatic heterocycles. The first-order valence-corrected chi connectivity index (χ1v) is 6.99. The molecule has 2 fully saturated rings. The van der Waals surface area contributed by atoms with E-state index in [1.54, 1.807) is 0 Å². The van der Waals surface area contributed by atoms with Crippen LogP contribution in [-0.4, -0.2) is 42.1 Å². The number of nitrogens with two attached hydrogens (primary N) is 1. The van der Waals surface area contributed by atoms with Crippen molar-refractivity contribution in [1.29, 1.82) is 0 Å². The van der Waals surface area contributed by atoms with Gasteiger partial charge in [0.2, 0.25) is 0 Å². The van der Waals surface area contributed by atoms with Gasteiger partial charge in [0.05, 0.1) is 6.54 Å². The van der Waals surface area contributed by atoms with Crippen LogP contribution in [0.2, 0.25) is 0 Å². The van der Waals surface area contributed by atoms with Crippen molar-refractivity contribution in [1.82, 2.24) is 10.2 Å². The van der Waals surface area contributed by atoms with Gasteiger partial charge in [0.1, 0.15) is 0 Å². The lowest BCUT2D eigenvalue weighted by Crippen LogP contribution is -2.45. The van der Waals surface area contributed by atoms with Crippen LogP contribution in [0.3, 0.4) is 0 Å². The molecule has 1 saturated heterocycles. The van der Waals surface area contributed by atoms with Gasteiger partial charge in [-0.1, -0.05) is 6.42 Å². The highest BCUT2D eigenvalue weighted by molar-refractivity contribution is 5.78. The molecule has 2 unspecified atom stereocenters. The summed E-state index contributed by atoms with van der Waals surface area (Å²) < 4.78 is 0. The van der Waals surface area contributed by atoms with Crippen LogP contribution in [0.15, 0.2) is 4.99 Å². The number of hydrogen-bond donors (Lipinski definition) is 2. The fraction of sp³-hybridized carbons (Fsp3) is 0.923. The monoisotopic (exact) mass is 238 g/mol. The number of piperidine rings is 1. The van der Waals surface area contributed by atoms with Gasteiger partial charge in [0, 0.05) is 18.1 Å². The Kier molecular flexibility index (Phi) is 4.26. The molecule has 0 aromatic rings. The van der Waals surface area contributed by atoms with Crippen LogP contribution in [-0.2, 0) is 0 Å². The molecule has 4 heteroatoms. The fourth-order valence-electron chi connectivity index (χ4n) is 2.59. The van der Waals surface area contributed by atoms with Gasteiger partial charge in [-0.3, -0.25) is 9.89 Å². The number of hydrogen-bond acceptors (Lipinski definition) is 2. The van der Waals surface area contributed by atoms with Crippen LogP contribution < -0.4 is 11.1 Å². The normalized spacial score (nSPS) is 29.1. The van der Waals surface area contributed by atoms with Gasteiger partial charge < -0.3 is 11.1 Å². The molecule has 0 bridgehead atoms. The Bertz CT molecular complexity index is 273. The summed E-state index contributed by atoms with van der Waals surface area (Å²) in [5.41, 5.74) is 5.85. The van der Waals surface area contributed by atoms with E-state index in [2.05, 4.69) is 29.1 Å². The molecule has 2 aliphatic rings. The van der Waals surface area contributed by atoms with Gasteiger partial charge in [-0.15, -0.1) is 0 Å². The Hall–Kier alpha value is -0.770. The molecule has 0 aromatic carbocycles. The molecule has 0 amide bonds. The Balaban J connectivity index is 1.76. The number of nitrogens with one attached hydrogen (secondary N) is 1. The summed E-state index contributed by atoms with van der Waals surface area (Å²) in [5, 5.41) is 3.23. The maximum absolute atomic E-state index is 5.85. The minimum atomic E-state index is 0.504. The molecule has 0 spiro atoms. The number of likely N-dealkylation sites (tertiary alicyclic amines) is 1. The van der Waals surface area contributed by atoms with Gasteiger partial charge >= 0.3 is 0 Å². The Morgan fingerprint density at radius 3 is 2.82 bits per heavy atom. The van der Waals surface area contributed by atoms with Crippen LogP contribution in [0.5, 0.6) is 0 Å². The van der Waals surface area contributed by atoms with Crippen molar-refractivity contribution in [3.8, 4) is 0 Å². The average molecular weight is 238 g/mol. The zero-order valence-electron chi connectivity index (χ0n) is 11.2. The molecule has 1 heterocycles. The highest BCUT2D eigenvalue weighted by atomic mass is 15.2. The second-order valence-corrected chi connectivity index (χ2v) is 5.58. The van der Waals surface area contributed by atoms with Crippen molar-refractivity contribution in [2.75, 3.05) is 13.1 Å². The van der Waals surface area contributed by atoms with Gasteiger partial charge in [-0.25, -0.2) is 0 Å². The van der Waals surface area contributed by atoms with Crippen LogP contribution in [0.4, 0.5) is 0 Å². The summed E-state index contributed by atoms with van der Waals surface area (Å²) in [6.45, 7) is 6.62. The maximum atomic E-state index is 5.85. The topological polar surface area (TPSA) is 53.6 Å². The summed E-state index contributed by atoms with van der Waals surface area (Å²) in [7, 11) is 0. The number of guanidine groups is 1. The molecule has 0 radical (unpaired) electrons. The maximum Gasteiger partial charge on any atom is 0.188 e. The number of aliphatic imine (C=N–C) groups is 1. The summed E-state index contributed by atoms with van der Waals surface area (Å²) in [4.78, 5) is 7.02. The Labute approximate surface area is 105 Å². The van der Waals surface area contributed by atoms with Gasteiger partial charge in [-0.2, -0.15) is 0 Å². The lowest BCUT2D eigenvalue weighted by molar-refractivity contribution is 0.118. The summed E-state index contributed by atoms with van der Waals surface area (Å²) >= 11 is 0. The van der Waals surface area contributed by atoms with E-state index in [-0.39, 0.29) is 0 Å². The van der Waals surface area contributed by atoms with Crippen molar-refractivity contribution >= 4 is 5.96 Å². The molecule has 1 aliphatic heterocycles. The average Bonchev–Trinajstić information content (AvgIpc) is 3.10. The first-order chi connectivity index (χ1) is 8.16. The van der Waals surface area contributed by atoms with E-state index < -0.39 is 0 Å². The highest BCUT2D eigenvalue weighted by Gasteiger charge is 2.23. The van der Waals surface area contributed by atoms with Crippen molar-refractivity contribution in [3.05, 3.63) is 0 Å². The molecule has 2 atom stereocenters. The van der Waals surface area contributed by atoms with Crippen molar-refractivity contribution in [2.45, 2.75) is 64.1 Å². The second kappa shape index (κ2) is 5.71. The van der Waals surface area contributed by atoms with E-state index in [4.69, 9.17) is 5.73 Å². The second-order valence-electron chi connectivity index (χ2n) is 5.58. The third-order valence-corrected chi connectivity index (χ3v) is 3.88. The van der Waals surface area contributed by atoms with Gasteiger partial charge in [0.15, 0.2) is 5.96 Å². The standard InChI is InChI=1S/C13H26N4/c1-10-5-3-4-8-17(10)11(2)9-15-13(14)16-12-6-7-12/h10-12H,3-9H2,1-2H3,(H3,14,15,16). The third kappa shape index (κ3) is 3.87. The van der Waals surface area contributed by atoms with Crippen molar-refractivity contribution < 1.29 is 0 Å². The quantitative estimate of drug-likeness (QED) is 0.573. The molecule has 1 aliphatic carbocycles. The molecular weight excluding hydrogens is 212 g/mol. The SMILES string of the molecule is CC1CCCCN1C(C)CN=C(N)NC1CC1. The van der Waals surface area contributed by atoms with E-state index >= 15 is 0 Å². The van der Waals surface area contributed by atoms with Crippen molar-refractivity contribution in [3.63, 3.8) is 0 Å². The summed E-state index contributed by atoms with van der Waals surface area (Å²) in [5.74, 6) is 0.629. The van der Waals surface area contributed by atoms with E-state index in [9.17, 15) is 0 Å². The zero-order chi connectivity index (χ0) is 12.3. The molecule has 17 heavy (non-hydrogen) atoms. The zero-order valence-corrected chi connectivity index (χ0v) is 11.2. The smallest absolute Gasteiger partial charge is 0.188 e. The van der Waals surface area contributed by atoms with E-state index in [0.717, 1.165) is 6.54 Å². The molecule has 3 N–H and O–H groups in total. The molecule has 2 rings (SSSR count). The molecule has 4 nitrogen and oxygen atoms in total. The number of rotatable bonds is 4. The first-order valence-electron chi connectivity index (χ1n) is 6.99. The predicted octanol–water partition coefficient (Wildman–Crippen LogP) is 1.32. The van der Waals surface area contributed by atoms with E-state index in [0.29, 0.717) is 24.1 Å². The summed E-state index contributed by atoms with van der Waals surface area (Å²) in [6.07, 6.45) is 6.51. The summed E-state index contributed by atoms with van der Waals surface area (Å²) in [6, 6.07) is 1.80. The number of nitrogens with zero attached hydrogens (tertiary/aromatic N) is 2.